The van der Waals surface area contributed by atoms with Gasteiger partial charge in [-0.2, -0.15) is 0 Å². The molecule has 0 spiro atoms. The molecule has 0 aliphatic carbocycles. The Morgan fingerprint density at radius 3 is 2.33 bits per heavy atom. The van der Waals surface area contributed by atoms with Gasteiger partial charge < -0.3 is 14.9 Å². The van der Waals surface area contributed by atoms with E-state index in [1.807, 2.05) is 23.1 Å². The third-order valence-corrected chi connectivity index (χ3v) is 5.11. The number of rotatable bonds is 6. The van der Waals surface area contributed by atoms with Gasteiger partial charge in [0.25, 0.3) is 0 Å². The number of ether oxygens (including phenoxy) is 1. The zero-order valence-corrected chi connectivity index (χ0v) is 13.5. The Morgan fingerprint density at radius 2 is 1.79 bits per heavy atom. The molecule has 0 aromatic heterocycles. The highest BCUT2D eigenvalue weighted by Crippen LogP contribution is 2.37. The maximum Gasteiger partial charge on any atom is 0.317 e. The Labute approximate surface area is 141 Å². The number of benzene rings is 1. The van der Waals surface area contributed by atoms with Crippen LogP contribution in [0.2, 0.25) is 0 Å². The number of aliphatic hydroxyl groups excluding tert-OH is 1. The number of carbonyl (C=O) groups is 2. The fraction of sp³-hybridized carbons (Fsp3) is 0.556. The molecule has 3 rings (SSSR count). The van der Waals surface area contributed by atoms with Crippen molar-refractivity contribution in [3.8, 4) is 0 Å². The lowest BCUT2D eigenvalue weighted by atomic mass is 9.98. The van der Waals surface area contributed by atoms with Crippen molar-refractivity contribution in [2.24, 2.45) is 0 Å². The van der Waals surface area contributed by atoms with E-state index in [0.29, 0.717) is 12.8 Å². The van der Waals surface area contributed by atoms with Gasteiger partial charge in [0, 0.05) is 24.9 Å². The molecule has 24 heavy (non-hydrogen) atoms. The minimum Gasteiger partial charge on any atom is -0.480 e. The van der Waals surface area contributed by atoms with E-state index in [-0.39, 0.29) is 31.3 Å². The summed E-state index contributed by atoms with van der Waals surface area (Å²) >= 11 is 0. The normalized spacial score (nSPS) is 27.6. The lowest BCUT2D eigenvalue weighted by molar-refractivity contribution is -0.157. The molecule has 2 unspecified atom stereocenters. The zero-order chi connectivity index (χ0) is 17.1. The Balaban J connectivity index is 1.61. The van der Waals surface area contributed by atoms with Crippen molar-refractivity contribution in [2.75, 3.05) is 13.2 Å². The third-order valence-electron chi connectivity index (χ3n) is 5.11. The molecule has 0 amide bonds. The van der Waals surface area contributed by atoms with Crippen molar-refractivity contribution >= 4 is 11.9 Å². The third kappa shape index (κ3) is 3.60. The predicted molar refractivity (Wildman–Crippen MR) is 86.5 cm³/mol. The number of aliphatic hydroxyl groups is 1. The summed E-state index contributed by atoms with van der Waals surface area (Å²) in [5, 5.41) is 18.6. The van der Waals surface area contributed by atoms with Crippen LogP contribution >= 0.6 is 0 Å². The van der Waals surface area contributed by atoms with Gasteiger partial charge in [0.1, 0.15) is 12.0 Å². The first kappa shape index (κ1) is 16.9. The molecule has 0 saturated carbocycles. The molecule has 4 atom stereocenters. The first-order valence-corrected chi connectivity index (χ1v) is 8.42. The lowest BCUT2D eigenvalue weighted by Crippen LogP contribution is -2.48. The molecule has 1 aromatic carbocycles. The summed E-state index contributed by atoms with van der Waals surface area (Å²) in [6.07, 6.45) is 3.05. The van der Waals surface area contributed by atoms with E-state index in [2.05, 4.69) is 0 Å². The summed E-state index contributed by atoms with van der Waals surface area (Å²) in [5.41, 5.74) is 0.747. The molecule has 2 bridgehead atoms. The fourth-order valence-corrected chi connectivity index (χ4v) is 3.98. The second kappa shape index (κ2) is 7.32. The first-order valence-electron chi connectivity index (χ1n) is 8.42. The van der Waals surface area contributed by atoms with Crippen LogP contribution in [0.1, 0.15) is 37.2 Å². The van der Waals surface area contributed by atoms with Crippen LogP contribution in [0.5, 0.6) is 0 Å². The molecular formula is C18H23NO5. The van der Waals surface area contributed by atoms with Crippen LogP contribution in [0.3, 0.4) is 0 Å². The van der Waals surface area contributed by atoms with Gasteiger partial charge in [-0.25, -0.2) is 0 Å². The standard InChI is InChI=1S/C18H23NO5/c20-11-16(12-4-2-1-3-5-12)18(23)24-15-8-13-6-7-14(9-15)19(13)10-17(21)22/h1-5,13-16,20H,6-11H2,(H,21,22)/t13-,14+,15?,16?. The number of hydrogen-bond donors (Lipinski definition) is 2. The maximum absolute atomic E-state index is 12.4. The number of carboxylic acid groups (broad SMARTS) is 1. The molecule has 6 heteroatoms. The molecule has 6 nitrogen and oxygen atoms in total. The topological polar surface area (TPSA) is 87.1 Å². The van der Waals surface area contributed by atoms with E-state index in [1.165, 1.54) is 0 Å². The highest BCUT2D eigenvalue weighted by Gasteiger charge is 2.43. The van der Waals surface area contributed by atoms with Crippen LogP contribution < -0.4 is 0 Å². The monoisotopic (exact) mass is 333 g/mol. The molecule has 2 aliphatic heterocycles. The number of carbonyl (C=O) groups excluding carboxylic acids is 1. The van der Waals surface area contributed by atoms with Crippen molar-refractivity contribution in [3.63, 3.8) is 0 Å². The smallest absolute Gasteiger partial charge is 0.317 e. The Bertz CT molecular complexity index is 576. The molecule has 0 radical (unpaired) electrons. The van der Waals surface area contributed by atoms with Crippen molar-refractivity contribution < 1.29 is 24.5 Å². The minimum absolute atomic E-state index is 0.0548. The van der Waals surface area contributed by atoms with Gasteiger partial charge in [-0.15, -0.1) is 0 Å². The minimum atomic E-state index is -0.813. The van der Waals surface area contributed by atoms with E-state index >= 15 is 0 Å². The molecule has 2 fully saturated rings. The average Bonchev–Trinajstić information content (AvgIpc) is 2.79. The summed E-state index contributed by atoms with van der Waals surface area (Å²) in [7, 11) is 0. The van der Waals surface area contributed by atoms with Gasteiger partial charge in [0.15, 0.2) is 0 Å². The van der Waals surface area contributed by atoms with Crippen molar-refractivity contribution in [3.05, 3.63) is 35.9 Å². The summed E-state index contributed by atoms with van der Waals surface area (Å²) in [6.45, 7) is -0.229. The zero-order valence-electron chi connectivity index (χ0n) is 13.5. The number of aliphatic carboxylic acids is 1. The molecule has 130 valence electrons. The van der Waals surface area contributed by atoms with E-state index in [1.54, 1.807) is 12.1 Å². The lowest BCUT2D eigenvalue weighted by Gasteiger charge is -2.37. The number of piperidine rings is 1. The van der Waals surface area contributed by atoms with E-state index < -0.39 is 17.9 Å². The number of fused-ring (bicyclic) bond motifs is 2. The Kier molecular flexibility index (Phi) is 5.16. The van der Waals surface area contributed by atoms with Crippen LogP contribution in [0.15, 0.2) is 30.3 Å². The predicted octanol–water partition coefficient (Wildman–Crippen LogP) is 1.39. The second-order valence-corrected chi connectivity index (χ2v) is 6.63. The Hall–Kier alpha value is -1.92. The maximum atomic E-state index is 12.4. The molecule has 2 N–H and O–H groups in total. The number of esters is 1. The van der Waals surface area contributed by atoms with Gasteiger partial charge in [0.2, 0.25) is 0 Å². The SMILES string of the molecule is O=C(O)CN1[C@@H]2CC[C@H]1CC(OC(=O)C(CO)c1ccccc1)C2. The highest BCUT2D eigenvalue weighted by atomic mass is 16.5. The van der Waals surface area contributed by atoms with Crippen LogP contribution in [0.25, 0.3) is 0 Å². The van der Waals surface area contributed by atoms with Crippen molar-refractivity contribution in [2.45, 2.75) is 49.8 Å². The highest BCUT2D eigenvalue weighted by molar-refractivity contribution is 5.78. The molecule has 2 saturated heterocycles. The van der Waals surface area contributed by atoms with Crippen molar-refractivity contribution in [1.29, 1.82) is 0 Å². The Morgan fingerprint density at radius 1 is 1.17 bits per heavy atom. The summed E-state index contributed by atoms with van der Waals surface area (Å²) < 4.78 is 5.66. The van der Waals surface area contributed by atoms with Gasteiger partial charge in [-0.05, 0) is 18.4 Å². The quantitative estimate of drug-likeness (QED) is 0.765. The van der Waals surface area contributed by atoms with E-state index in [9.17, 15) is 14.7 Å². The van der Waals surface area contributed by atoms with Crippen LogP contribution in [-0.4, -0.2) is 58.4 Å². The summed E-state index contributed by atoms with van der Waals surface area (Å²) in [5.74, 6) is -1.88. The molecule has 2 aliphatic rings. The first-order chi connectivity index (χ1) is 11.6. The number of hydrogen-bond acceptors (Lipinski definition) is 5. The largest absolute Gasteiger partial charge is 0.480 e. The van der Waals surface area contributed by atoms with Crippen molar-refractivity contribution in [1.82, 2.24) is 4.90 Å². The molecule has 1 aromatic rings. The second-order valence-electron chi connectivity index (χ2n) is 6.63. The summed E-state index contributed by atoms with van der Waals surface area (Å²) in [4.78, 5) is 25.4. The molecular weight excluding hydrogens is 310 g/mol. The average molecular weight is 333 g/mol. The van der Waals surface area contributed by atoms with Gasteiger partial charge >= 0.3 is 11.9 Å². The van der Waals surface area contributed by atoms with Gasteiger partial charge in [-0.3, -0.25) is 14.5 Å². The molecule has 2 heterocycles. The summed E-state index contributed by atoms with van der Waals surface area (Å²) in [6, 6.07) is 9.47. The van der Waals surface area contributed by atoms with E-state index in [4.69, 9.17) is 9.84 Å². The van der Waals surface area contributed by atoms with E-state index in [0.717, 1.165) is 18.4 Å². The van der Waals surface area contributed by atoms with Gasteiger partial charge in [-0.1, -0.05) is 30.3 Å². The number of nitrogens with zero attached hydrogens (tertiary/aromatic N) is 1. The van der Waals surface area contributed by atoms with Gasteiger partial charge in [0.05, 0.1) is 13.2 Å². The fourth-order valence-electron chi connectivity index (χ4n) is 3.98. The van der Waals surface area contributed by atoms with Crippen LogP contribution in [-0.2, 0) is 14.3 Å². The number of carboxylic acids is 1. The van der Waals surface area contributed by atoms with Crippen LogP contribution in [0.4, 0.5) is 0 Å². The van der Waals surface area contributed by atoms with Crippen LogP contribution in [0, 0.1) is 0 Å².